The standard InChI is InChI=1S/C18H30N2O/c1-13-9-15(3)17(21)20(16(4)10-13)8-7-19-12-14(2)11-18(19,5)6/h9-10,14-15H,7-8,11-12H2,1-6H3/t14-,15-/m1/s1. The number of rotatable bonds is 3. The van der Waals surface area contributed by atoms with E-state index in [1.165, 1.54) is 12.0 Å². The number of likely N-dealkylation sites (tertiary alicyclic amines) is 1. The molecule has 0 saturated carbocycles. The summed E-state index contributed by atoms with van der Waals surface area (Å²) < 4.78 is 0. The van der Waals surface area contributed by atoms with Gasteiger partial charge in [-0.2, -0.15) is 0 Å². The Morgan fingerprint density at radius 3 is 2.48 bits per heavy atom. The van der Waals surface area contributed by atoms with E-state index in [0.29, 0.717) is 0 Å². The molecule has 0 aromatic carbocycles. The number of carbonyl (C=O) groups excluding carboxylic acids is 1. The van der Waals surface area contributed by atoms with Crippen LogP contribution in [0.25, 0.3) is 0 Å². The van der Waals surface area contributed by atoms with E-state index in [2.05, 4.69) is 44.7 Å². The van der Waals surface area contributed by atoms with E-state index in [9.17, 15) is 4.79 Å². The van der Waals surface area contributed by atoms with Gasteiger partial charge in [0.2, 0.25) is 5.91 Å². The topological polar surface area (TPSA) is 23.6 Å². The van der Waals surface area contributed by atoms with Gasteiger partial charge in [-0.3, -0.25) is 9.69 Å². The van der Waals surface area contributed by atoms with Crippen LogP contribution in [0.4, 0.5) is 0 Å². The van der Waals surface area contributed by atoms with Gasteiger partial charge in [0.1, 0.15) is 0 Å². The second-order valence-electron chi connectivity index (χ2n) is 7.54. The molecule has 2 aliphatic rings. The quantitative estimate of drug-likeness (QED) is 0.795. The molecule has 2 heterocycles. The molecule has 0 radical (unpaired) electrons. The first-order valence-electron chi connectivity index (χ1n) is 8.14. The van der Waals surface area contributed by atoms with Crippen molar-refractivity contribution in [3.8, 4) is 0 Å². The molecule has 0 N–H and O–H groups in total. The van der Waals surface area contributed by atoms with E-state index < -0.39 is 0 Å². The molecule has 3 nitrogen and oxygen atoms in total. The Bertz CT molecular complexity index is 476. The summed E-state index contributed by atoms with van der Waals surface area (Å²) >= 11 is 0. The lowest BCUT2D eigenvalue weighted by Gasteiger charge is -2.34. The summed E-state index contributed by atoms with van der Waals surface area (Å²) in [6.07, 6.45) is 5.43. The van der Waals surface area contributed by atoms with Crippen LogP contribution >= 0.6 is 0 Å². The molecule has 0 unspecified atom stereocenters. The lowest BCUT2D eigenvalue weighted by atomic mass is 9.98. The largest absolute Gasteiger partial charge is 0.315 e. The van der Waals surface area contributed by atoms with Crippen molar-refractivity contribution in [2.24, 2.45) is 11.8 Å². The maximum absolute atomic E-state index is 12.6. The zero-order valence-electron chi connectivity index (χ0n) is 14.4. The zero-order valence-corrected chi connectivity index (χ0v) is 14.4. The van der Waals surface area contributed by atoms with Crippen molar-refractivity contribution in [1.82, 2.24) is 9.80 Å². The van der Waals surface area contributed by atoms with Crippen LogP contribution < -0.4 is 0 Å². The first kappa shape index (κ1) is 16.3. The van der Waals surface area contributed by atoms with E-state index in [-0.39, 0.29) is 17.4 Å². The third-order valence-corrected chi connectivity index (χ3v) is 4.86. The maximum Gasteiger partial charge on any atom is 0.233 e. The highest BCUT2D eigenvalue weighted by Gasteiger charge is 2.36. The van der Waals surface area contributed by atoms with Crippen LogP contribution in [0.1, 0.15) is 48.0 Å². The zero-order chi connectivity index (χ0) is 15.8. The smallest absolute Gasteiger partial charge is 0.233 e. The van der Waals surface area contributed by atoms with Crippen LogP contribution in [0.15, 0.2) is 23.4 Å². The van der Waals surface area contributed by atoms with Gasteiger partial charge in [0.05, 0.1) is 5.92 Å². The van der Waals surface area contributed by atoms with Crippen molar-refractivity contribution >= 4 is 5.91 Å². The molecule has 0 aromatic rings. The summed E-state index contributed by atoms with van der Waals surface area (Å²) in [6, 6.07) is 0. The normalized spacial score (nSPS) is 30.2. The summed E-state index contributed by atoms with van der Waals surface area (Å²) in [5.41, 5.74) is 2.51. The number of carbonyl (C=O) groups is 1. The van der Waals surface area contributed by atoms with E-state index in [1.807, 2.05) is 18.7 Å². The molecule has 21 heavy (non-hydrogen) atoms. The summed E-state index contributed by atoms with van der Waals surface area (Å²) in [5.74, 6) is 0.953. The Morgan fingerprint density at radius 2 is 1.90 bits per heavy atom. The summed E-state index contributed by atoms with van der Waals surface area (Å²) in [4.78, 5) is 17.1. The van der Waals surface area contributed by atoms with Crippen molar-refractivity contribution in [2.45, 2.75) is 53.5 Å². The molecule has 0 aliphatic carbocycles. The minimum atomic E-state index is -0.0239. The summed E-state index contributed by atoms with van der Waals surface area (Å²) in [6.45, 7) is 16.0. The lowest BCUT2D eigenvalue weighted by molar-refractivity contribution is -0.131. The molecule has 2 rings (SSSR count). The van der Waals surface area contributed by atoms with E-state index in [0.717, 1.165) is 31.2 Å². The number of allylic oxidation sites excluding steroid dienone is 3. The molecule has 1 fully saturated rings. The highest BCUT2D eigenvalue weighted by molar-refractivity contribution is 5.82. The predicted octanol–water partition coefficient (Wildman–Crippen LogP) is 3.44. The van der Waals surface area contributed by atoms with Crippen LogP contribution in [0.3, 0.4) is 0 Å². The molecule has 0 aromatic heterocycles. The van der Waals surface area contributed by atoms with Crippen LogP contribution in [0.5, 0.6) is 0 Å². The van der Waals surface area contributed by atoms with Gasteiger partial charge in [-0.05, 0) is 46.1 Å². The van der Waals surface area contributed by atoms with Gasteiger partial charge in [0, 0.05) is 30.9 Å². The highest BCUT2D eigenvalue weighted by Crippen LogP contribution is 2.32. The van der Waals surface area contributed by atoms with Gasteiger partial charge in [-0.15, -0.1) is 0 Å². The number of amides is 1. The molecule has 0 spiro atoms. The van der Waals surface area contributed by atoms with Gasteiger partial charge in [-0.1, -0.05) is 25.5 Å². The third-order valence-electron chi connectivity index (χ3n) is 4.86. The monoisotopic (exact) mass is 290 g/mol. The van der Waals surface area contributed by atoms with Gasteiger partial charge >= 0.3 is 0 Å². The minimum absolute atomic E-state index is 0.0239. The minimum Gasteiger partial charge on any atom is -0.315 e. The molecule has 2 aliphatic heterocycles. The van der Waals surface area contributed by atoms with Crippen molar-refractivity contribution in [3.05, 3.63) is 23.4 Å². The molecule has 0 bridgehead atoms. The van der Waals surface area contributed by atoms with Gasteiger partial charge in [0.15, 0.2) is 0 Å². The van der Waals surface area contributed by atoms with Crippen molar-refractivity contribution < 1.29 is 4.79 Å². The summed E-state index contributed by atoms with van der Waals surface area (Å²) in [5, 5.41) is 0. The van der Waals surface area contributed by atoms with Crippen LogP contribution in [-0.4, -0.2) is 40.9 Å². The molecular weight excluding hydrogens is 260 g/mol. The predicted molar refractivity (Wildman–Crippen MR) is 87.8 cm³/mol. The number of nitrogens with zero attached hydrogens (tertiary/aromatic N) is 2. The van der Waals surface area contributed by atoms with Crippen molar-refractivity contribution in [3.63, 3.8) is 0 Å². The van der Waals surface area contributed by atoms with Crippen molar-refractivity contribution in [1.29, 1.82) is 0 Å². The van der Waals surface area contributed by atoms with E-state index >= 15 is 0 Å². The second kappa shape index (κ2) is 5.96. The van der Waals surface area contributed by atoms with Gasteiger partial charge < -0.3 is 4.90 Å². The van der Waals surface area contributed by atoms with Crippen LogP contribution in [-0.2, 0) is 4.79 Å². The van der Waals surface area contributed by atoms with Crippen molar-refractivity contribution in [2.75, 3.05) is 19.6 Å². The molecule has 3 heteroatoms. The summed E-state index contributed by atoms with van der Waals surface area (Å²) in [7, 11) is 0. The fourth-order valence-electron chi connectivity index (χ4n) is 3.91. The molecule has 118 valence electrons. The Hall–Kier alpha value is -1.09. The average molecular weight is 290 g/mol. The third kappa shape index (κ3) is 3.57. The molecule has 1 saturated heterocycles. The molecular formula is C18H30N2O. The Balaban J connectivity index is 2.05. The number of hydrogen-bond acceptors (Lipinski definition) is 2. The SMILES string of the molecule is CC1=C[C@@H](C)C(=O)N(CCN2C[C@H](C)CC2(C)C)C(C)=C1. The molecule has 2 atom stereocenters. The highest BCUT2D eigenvalue weighted by atomic mass is 16.2. The fraction of sp³-hybridized carbons (Fsp3) is 0.722. The van der Waals surface area contributed by atoms with Crippen LogP contribution in [0, 0.1) is 11.8 Å². The Labute approximate surface area is 129 Å². The second-order valence-corrected chi connectivity index (χ2v) is 7.54. The molecule has 1 amide bonds. The first-order chi connectivity index (χ1) is 9.70. The lowest BCUT2D eigenvalue weighted by Crippen LogP contribution is -2.44. The van der Waals surface area contributed by atoms with E-state index in [4.69, 9.17) is 0 Å². The average Bonchev–Trinajstić information content (AvgIpc) is 2.56. The van der Waals surface area contributed by atoms with Crippen LogP contribution in [0.2, 0.25) is 0 Å². The van der Waals surface area contributed by atoms with Gasteiger partial charge in [-0.25, -0.2) is 0 Å². The maximum atomic E-state index is 12.6. The Kier molecular flexibility index (Phi) is 4.62. The van der Waals surface area contributed by atoms with Gasteiger partial charge in [0.25, 0.3) is 0 Å². The first-order valence-corrected chi connectivity index (χ1v) is 8.14. The number of hydrogen-bond donors (Lipinski definition) is 0. The van der Waals surface area contributed by atoms with E-state index in [1.54, 1.807) is 0 Å². The Morgan fingerprint density at radius 1 is 1.24 bits per heavy atom. The fourth-order valence-corrected chi connectivity index (χ4v) is 3.91.